The maximum Gasteiger partial charge on any atom is 0.313 e. The van der Waals surface area contributed by atoms with Crippen LogP contribution in [0.5, 0.6) is 11.5 Å². The van der Waals surface area contributed by atoms with Crippen molar-refractivity contribution in [3.8, 4) is 11.5 Å². The third kappa shape index (κ3) is 4.48. The number of ether oxygens (including phenoxy) is 2. The SMILES string of the molecule is CC(C(=O)OCc1ccccc1F)c1cccc(Oc2ccccc2)c1. The molecule has 0 aromatic heterocycles. The Morgan fingerprint density at radius 1 is 0.923 bits per heavy atom. The Kier molecular flexibility index (Phi) is 5.64. The molecule has 0 radical (unpaired) electrons. The smallest absolute Gasteiger partial charge is 0.313 e. The van der Waals surface area contributed by atoms with Crippen LogP contribution in [0.15, 0.2) is 78.9 Å². The maximum absolute atomic E-state index is 13.6. The summed E-state index contributed by atoms with van der Waals surface area (Å²) >= 11 is 0. The number of benzene rings is 3. The van der Waals surface area contributed by atoms with E-state index in [1.165, 1.54) is 6.07 Å². The van der Waals surface area contributed by atoms with Gasteiger partial charge < -0.3 is 9.47 Å². The lowest BCUT2D eigenvalue weighted by atomic mass is 10.0. The van der Waals surface area contributed by atoms with Crippen LogP contribution in [0.2, 0.25) is 0 Å². The van der Waals surface area contributed by atoms with E-state index >= 15 is 0 Å². The highest BCUT2D eigenvalue weighted by atomic mass is 19.1. The first-order valence-corrected chi connectivity index (χ1v) is 8.36. The number of para-hydroxylation sites is 1. The zero-order valence-corrected chi connectivity index (χ0v) is 14.4. The molecule has 1 unspecified atom stereocenters. The van der Waals surface area contributed by atoms with Crippen molar-refractivity contribution in [2.24, 2.45) is 0 Å². The number of rotatable bonds is 6. The third-order valence-electron chi connectivity index (χ3n) is 4.02. The van der Waals surface area contributed by atoms with Crippen molar-refractivity contribution in [3.05, 3.63) is 95.8 Å². The number of carbonyl (C=O) groups is 1. The Morgan fingerprint density at radius 2 is 1.62 bits per heavy atom. The van der Waals surface area contributed by atoms with Gasteiger partial charge in [0.1, 0.15) is 23.9 Å². The van der Waals surface area contributed by atoms with E-state index in [0.29, 0.717) is 11.3 Å². The van der Waals surface area contributed by atoms with E-state index in [1.54, 1.807) is 25.1 Å². The zero-order valence-electron chi connectivity index (χ0n) is 14.4. The molecule has 0 aliphatic heterocycles. The van der Waals surface area contributed by atoms with E-state index < -0.39 is 11.9 Å². The van der Waals surface area contributed by atoms with Gasteiger partial charge in [0.2, 0.25) is 0 Å². The van der Waals surface area contributed by atoms with Crippen LogP contribution in [0.4, 0.5) is 4.39 Å². The minimum atomic E-state index is -0.485. The molecule has 0 heterocycles. The molecule has 0 amide bonds. The predicted molar refractivity (Wildman–Crippen MR) is 97.6 cm³/mol. The topological polar surface area (TPSA) is 35.5 Å². The average Bonchev–Trinajstić information content (AvgIpc) is 2.67. The lowest BCUT2D eigenvalue weighted by molar-refractivity contribution is -0.146. The summed E-state index contributed by atoms with van der Waals surface area (Å²) in [6, 6.07) is 23.0. The molecule has 3 nitrogen and oxygen atoms in total. The monoisotopic (exact) mass is 350 g/mol. The number of hydrogen-bond acceptors (Lipinski definition) is 3. The molecule has 3 rings (SSSR count). The molecule has 0 saturated heterocycles. The molecule has 0 N–H and O–H groups in total. The van der Waals surface area contributed by atoms with Crippen LogP contribution in [-0.4, -0.2) is 5.97 Å². The lowest BCUT2D eigenvalue weighted by Gasteiger charge is -2.14. The van der Waals surface area contributed by atoms with Crippen molar-refractivity contribution in [3.63, 3.8) is 0 Å². The van der Waals surface area contributed by atoms with Gasteiger partial charge in [0.15, 0.2) is 0 Å². The van der Waals surface area contributed by atoms with Gasteiger partial charge in [-0.25, -0.2) is 4.39 Å². The van der Waals surface area contributed by atoms with Crippen molar-refractivity contribution in [2.45, 2.75) is 19.4 Å². The van der Waals surface area contributed by atoms with Crippen LogP contribution in [0, 0.1) is 5.82 Å². The molecule has 132 valence electrons. The second-order valence-electron chi connectivity index (χ2n) is 5.91. The Labute approximate surface area is 152 Å². The Bertz CT molecular complexity index is 877. The normalized spacial score (nSPS) is 11.6. The van der Waals surface area contributed by atoms with Gasteiger partial charge in [0.25, 0.3) is 0 Å². The molecule has 26 heavy (non-hydrogen) atoms. The summed E-state index contributed by atoms with van der Waals surface area (Å²) in [5.41, 5.74) is 1.13. The highest BCUT2D eigenvalue weighted by molar-refractivity contribution is 5.77. The quantitative estimate of drug-likeness (QED) is 0.553. The first-order chi connectivity index (χ1) is 12.6. The summed E-state index contributed by atoms with van der Waals surface area (Å²) in [7, 11) is 0. The van der Waals surface area contributed by atoms with Crippen LogP contribution < -0.4 is 4.74 Å². The number of hydrogen-bond donors (Lipinski definition) is 0. The number of halogens is 1. The van der Waals surface area contributed by atoms with Gasteiger partial charge in [-0.3, -0.25) is 4.79 Å². The molecule has 4 heteroatoms. The molecule has 3 aromatic rings. The van der Waals surface area contributed by atoms with E-state index in [0.717, 1.165) is 11.3 Å². The fraction of sp³-hybridized carbons (Fsp3) is 0.136. The van der Waals surface area contributed by atoms with Gasteiger partial charge >= 0.3 is 5.97 Å². The predicted octanol–water partition coefficient (Wildman–Crippen LogP) is 5.46. The van der Waals surface area contributed by atoms with Gasteiger partial charge in [-0.1, -0.05) is 48.5 Å². The van der Waals surface area contributed by atoms with Crippen LogP contribution in [0.3, 0.4) is 0 Å². The van der Waals surface area contributed by atoms with Crippen molar-refractivity contribution < 1.29 is 18.7 Å². The lowest BCUT2D eigenvalue weighted by Crippen LogP contribution is -2.13. The molecular formula is C22H19FO3. The fourth-order valence-corrected chi connectivity index (χ4v) is 2.50. The van der Waals surface area contributed by atoms with Crippen LogP contribution in [-0.2, 0) is 16.1 Å². The van der Waals surface area contributed by atoms with Crippen LogP contribution in [0.25, 0.3) is 0 Å². The van der Waals surface area contributed by atoms with E-state index in [1.807, 2.05) is 54.6 Å². The standard InChI is InChI=1S/C22H19FO3/c1-16(22(24)25-15-18-8-5-6-13-21(18)23)17-9-7-12-20(14-17)26-19-10-3-2-4-11-19/h2-14,16H,15H2,1H3. The third-order valence-corrected chi connectivity index (χ3v) is 4.02. The Balaban J connectivity index is 1.65. The number of esters is 1. The second-order valence-corrected chi connectivity index (χ2v) is 5.91. The summed E-state index contributed by atoms with van der Waals surface area (Å²) in [6.07, 6.45) is 0. The van der Waals surface area contributed by atoms with Crippen LogP contribution in [0.1, 0.15) is 24.0 Å². The van der Waals surface area contributed by atoms with Gasteiger partial charge in [-0.2, -0.15) is 0 Å². The van der Waals surface area contributed by atoms with Crippen molar-refractivity contribution in [2.75, 3.05) is 0 Å². The summed E-state index contributed by atoms with van der Waals surface area (Å²) in [5, 5.41) is 0. The Morgan fingerprint density at radius 3 is 2.38 bits per heavy atom. The summed E-state index contributed by atoms with van der Waals surface area (Å²) in [5.74, 6) is 0.0827. The van der Waals surface area contributed by atoms with E-state index in [2.05, 4.69) is 0 Å². The van der Waals surface area contributed by atoms with Crippen molar-refractivity contribution in [1.29, 1.82) is 0 Å². The summed E-state index contributed by atoms with van der Waals surface area (Å²) < 4.78 is 24.7. The van der Waals surface area contributed by atoms with Gasteiger partial charge in [0, 0.05) is 5.56 Å². The Hall–Kier alpha value is -3.14. The molecule has 0 spiro atoms. The summed E-state index contributed by atoms with van der Waals surface area (Å²) in [6.45, 7) is 1.67. The highest BCUT2D eigenvalue weighted by Crippen LogP contribution is 2.26. The zero-order chi connectivity index (χ0) is 18.4. The molecular weight excluding hydrogens is 331 g/mol. The minimum Gasteiger partial charge on any atom is -0.460 e. The second kappa shape index (κ2) is 8.30. The maximum atomic E-state index is 13.6. The molecule has 0 aliphatic rings. The van der Waals surface area contributed by atoms with Gasteiger partial charge in [0.05, 0.1) is 5.92 Å². The first kappa shape index (κ1) is 17.7. The number of carbonyl (C=O) groups excluding carboxylic acids is 1. The van der Waals surface area contributed by atoms with Crippen LogP contribution >= 0.6 is 0 Å². The fourth-order valence-electron chi connectivity index (χ4n) is 2.50. The molecule has 3 aromatic carbocycles. The minimum absolute atomic E-state index is 0.0872. The van der Waals surface area contributed by atoms with Crippen molar-refractivity contribution in [1.82, 2.24) is 0 Å². The van der Waals surface area contributed by atoms with Crippen molar-refractivity contribution >= 4 is 5.97 Å². The molecule has 0 bridgehead atoms. The molecule has 0 aliphatic carbocycles. The summed E-state index contributed by atoms with van der Waals surface area (Å²) in [4.78, 5) is 12.3. The van der Waals surface area contributed by atoms with E-state index in [-0.39, 0.29) is 12.4 Å². The molecule has 0 saturated carbocycles. The van der Waals surface area contributed by atoms with Gasteiger partial charge in [-0.15, -0.1) is 0 Å². The van der Waals surface area contributed by atoms with E-state index in [9.17, 15) is 9.18 Å². The molecule has 1 atom stereocenters. The average molecular weight is 350 g/mol. The molecule has 0 fully saturated rings. The van der Waals surface area contributed by atoms with Gasteiger partial charge in [-0.05, 0) is 42.8 Å². The first-order valence-electron chi connectivity index (χ1n) is 8.36. The highest BCUT2D eigenvalue weighted by Gasteiger charge is 2.18. The largest absolute Gasteiger partial charge is 0.460 e. The van der Waals surface area contributed by atoms with E-state index in [4.69, 9.17) is 9.47 Å².